The molecule has 0 radical (unpaired) electrons. The molecule has 0 aliphatic carbocycles. The Morgan fingerprint density at radius 1 is 1.12 bits per heavy atom. The van der Waals surface area contributed by atoms with Crippen LogP contribution in [0.4, 0.5) is 4.39 Å². The largest absolute Gasteiger partial charge is 0.371 e. The minimum Gasteiger partial charge on any atom is -0.371 e. The molecular weight excluding hydrogens is 525 g/mol. The third-order valence-electron chi connectivity index (χ3n) is 7.07. The van der Waals surface area contributed by atoms with E-state index in [1.807, 2.05) is 69.1 Å². The topological polar surface area (TPSA) is 72.6 Å². The first-order valence-corrected chi connectivity index (χ1v) is 14.9. The second-order valence-corrected chi connectivity index (χ2v) is 10.5. The number of carbonyl (C=O) groups is 1. The zero-order chi connectivity index (χ0) is 31.1. The van der Waals surface area contributed by atoms with E-state index in [1.54, 1.807) is 18.3 Å². The van der Waals surface area contributed by atoms with Crippen LogP contribution in [-0.4, -0.2) is 52.6 Å². The Morgan fingerprint density at radius 2 is 1.79 bits per heavy atom. The minimum absolute atomic E-state index is 0.00849. The number of nitriles is 1. The smallest absolute Gasteiger partial charge is 0.225 e. The van der Waals surface area contributed by atoms with Crippen molar-refractivity contribution in [2.45, 2.75) is 67.7 Å². The van der Waals surface area contributed by atoms with Crippen molar-refractivity contribution >= 4 is 17.2 Å². The maximum atomic E-state index is 14.7. The number of aryl methyl sites for hydroxylation is 1. The number of allylic oxidation sites excluding steroid dienone is 5. The van der Waals surface area contributed by atoms with E-state index in [4.69, 9.17) is 5.26 Å². The zero-order valence-corrected chi connectivity index (χ0v) is 26.3. The van der Waals surface area contributed by atoms with Gasteiger partial charge < -0.3 is 9.80 Å². The predicted octanol–water partition coefficient (Wildman–Crippen LogP) is 7.59. The van der Waals surface area contributed by atoms with Crippen LogP contribution >= 0.6 is 0 Å². The molecule has 1 fully saturated rings. The SMILES string of the molecule is CCCc1cc(C#N)ccn1.C\C=C(C(/C(C)=N/C=C/CC)=C(/C)N1CCN(C(=O)C(C)C)CC1)\c1ccccc1F. The van der Waals surface area contributed by atoms with Gasteiger partial charge in [0.2, 0.25) is 5.91 Å². The normalized spacial score (nSPS) is 14.9. The van der Waals surface area contributed by atoms with Gasteiger partial charge in [-0.3, -0.25) is 14.8 Å². The summed E-state index contributed by atoms with van der Waals surface area (Å²) >= 11 is 0. The average molecular weight is 572 g/mol. The molecule has 2 heterocycles. The van der Waals surface area contributed by atoms with Gasteiger partial charge in [-0.05, 0) is 57.4 Å². The van der Waals surface area contributed by atoms with Gasteiger partial charge in [0.25, 0.3) is 0 Å². The fourth-order valence-corrected chi connectivity index (χ4v) is 4.83. The predicted molar refractivity (Wildman–Crippen MR) is 171 cm³/mol. The lowest BCUT2D eigenvalue weighted by Gasteiger charge is -2.38. The molecule has 0 unspecified atom stereocenters. The number of amides is 1. The van der Waals surface area contributed by atoms with Crippen molar-refractivity contribution in [2.24, 2.45) is 10.9 Å². The first kappa shape index (κ1) is 34.2. The number of carbonyl (C=O) groups excluding carboxylic acids is 1. The third kappa shape index (κ3) is 9.80. The highest BCUT2D eigenvalue weighted by Crippen LogP contribution is 2.31. The molecular formula is C35H46FN5O. The molecule has 0 atom stereocenters. The average Bonchev–Trinajstić information content (AvgIpc) is 3.00. The molecule has 0 saturated carbocycles. The molecule has 42 heavy (non-hydrogen) atoms. The van der Waals surface area contributed by atoms with E-state index < -0.39 is 0 Å². The van der Waals surface area contributed by atoms with Crippen LogP contribution in [0.2, 0.25) is 0 Å². The van der Waals surface area contributed by atoms with Gasteiger partial charge in [0, 0.05) is 72.7 Å². The summed E-state index contributed by atoms with van der Waals surface area (Å²) < 4.78 is 14.7. The summed E-state index contributed by atoms with van der Waals surface area (Å²) in [6.07, 6.45) is 10.4. The number of aromatic nitrogens is 1. The lowest BCUT2D eigenvalue weighted by molar-refractivity contribution is -0.135. The van der Waals surface area contributed by atoms with Crippen molar-refractivity contribution in [1.29, 1.82) is 5.26 Å². The Hall–Kier alpha value is -4.05. The molecule has 6 nitrogen and oxygen atoms in total. The molecule has 1 aliphatic heterocycles. The first-order valence-electron chi connectivity index (χ1n) is 14.9. The number of piperazine rings is 1. The van der Waals surface area contributed by atoms with Crippen molar-refractivity contribution in [3.8, 4) is 6.07 Å². The fraction of sp³-hybridized carbons (Fsp3) is 0.429. The summed E-state index contributed by atoms with van der Waals surface area (Å²) in [6, 6.07) is 12.5. The summed E-state index contributed by atoms with van der Waals surface area (Å²) in [6.45, 7) is 16.9. The number of halogens is 1. The summed E-state index contributed by atoms with van der Waals surface area (Å²) in [7, 11) is 0. The van der Waals surface area contributed by atoms with Crippen LogP contribution in [0.1, 0.15) is 78.1 Å². The fourth-order valence-electron chi connectivity index (χ4n) is 4.83. The van der Waals surface area contributed by atoms with E-state index in [9.17, 15) is 9.18 Å². The number of benzene rings is 1. The Kier molecular flexibility index (Phi) is 14.4. The van der Waals surface area contributed by atoms with E-state index in [0.717, 1.165) is 60.6 Å². The number of pyridine rings is 1. The standard InChI is InChI=1S/C26H36FN3O.C9H10N2/c1-7-9-14-28-20(5)25(22(8-2)23-12-10-11-13-24(23)27)21(6)29-15-17-30(18-16-29)26(31)19(3)4;1-2-3-9-6-8(7-10)4-5-11-9/h8-14,19H,7,15-18H2,1-6H3;4-6H,2-3H2,1H3/b14-9+,22-8-,25-21-,28-20+;. The molecule has 0 bridgehead atoms. The Labute approximate surface area is 252 Å². The maximum absolute atomic E-state index is 14.7. The molecule has 1 aromatic heterocycles. The van der Waals surface area contributed by atoms with Gasteiger partial charge in [-0.1, -0.05) is 64.5 Å². The molecule has 3 rings (SSSR count). The summed E-state index contributed by atoms with van der Waals surface area (Å²) in [5.41, 5.74) is 5.95. The van der Waals surface area contributed by atoms with E-state index in [1.165, 1.54) is 6.07 Å². The number of nitrogens with zero attached hydrogens (tertiary/aromatic N) is 5. The molecule has 0 spiro atoms. The van der Waals surface area contributed by atoms with E-state index in [0.29, 0.717) is 24.2 Å². The summed E-state index contributed by atoms with van der Waals surface area (Å²) in [5.74, 6) is -0.0382. The Bertz CT molecular complexity index is 1340. The van der Waals surface area contributed by atoms with Crippen LogP contribution in [0.15, 0.2) is 77.2 Å². The molecule has 1 aliphatic rings. The summed E-state index contributed by atoms with van der Waals surface area (Å²) in [4.78, 5) is 25.3. The molecule has 1 amide bonds. The second kappa shape index (κ2) is 17.7. The Balaban J connectivity index is 0.000000468. The van der Waals surface area contributed by atoms with Crippen LogP contribution in [-0.2, 0) is 11.2 Å². The van der Waals surface area contributed by atoms with E-state index >= 15 is 0 Å². The van der Waals surface area contributed by atoms with Gasteiger partial charge in [-0.15, -0.1) is 0 Å². The van der Waals surface area contributed by atoms with Crippen molar-refractivity contribution in [1.82, 2.24) is 14.8 Å². The van der Waals surface area contributed by atoms with Gasteiger partial charge in [0.1, 0.15) is 5.82 Å². The lowest BCUT2D eigenvalue weighted by Crippen LogP contribution is -2.49. The number of hydrogen-bond acceptors (Lipinski definition) is 5. The van der Waals surface area contributed by atoms with Crippen molar-refractivity contribution < 1.29 is 9.18 Å². The maximum Gasteiger partial charge on any atom is 0.225 e. The van der Waals surface area contributed by atoms with Crippen molar-refractivity contribution in [3.63, 3.8) is 0 Å². The third-order valence-corrected chi connectivity index (χ3v) is 7.07. The van der Waals surface area contributed by atoms with E-state index in [2.05, 4.69) is 41.7 Å². The molecule has 7 heteroatoms. The van der Waals surface area contributed by atoms with E-state index in [-0.39, 0.29) is 17.6 Å². The molecule has 1 saturated heterocycles. The van der Waals surface area contributed by atoms with Crippen molar-refractivity contribution in [3.05, 3.63) is 94.9 Å². The number of aliphatic imine (C=N–C) groups is 1. The van der Waals surface area contributed by atoms with Crippen LogP contribution in [0.3, 0.4) is 0 Å². The van der Waals surface area contributed by atoms with Gasteiger partial charge in [0.05, 0.1) is 11.6 Å². The monoisotopic (exact) mass is 571 g/mol. The van der Waals surface area contributed by atoms with Gasteiger partial charge in [-0.2, -0.15) is 5.26 Å². The highest BCUT2D eigenvalue weighted by molar-refractivity contribution is 6.12. The summed E-state index contributed by atoms with van der Waals surface area (Å²) in [5, 5.41) is 8.55. The zero-order valence-electron chi connectivity index (χ0n) is 26.3. The lowest BCUT2D eigenvalue weighted by atomic mass is 9.92. The second-order valence-electron chi connectivity index (χ2n) is 10.5. The van der Waals surface area contributed by atoms with Crippen LogP contribution in [0.25, 0.3) is 5.57 Å². The number of hydrogen-bond donors (Lipinski definition) is 0. The van der Waals surface area contributed by atoms with Crippen LogP contribution < -0.4 is 0 Å². The highest BCUT2D eigenvalue weighted by Gasteiger charge is 2.25. The van der Waals surface area contributed by atoms with Gasteiger partial charge in [-0.25, -0.2) is 4.39 Å². The van der Waals surface area contributed by atoms with Crippen LogP contribution in [0, 0.1) is 23.1 Å². The van der Waals surface area contributed by atoms with Crippen LogP contribution in [0.5, 0.6) is 0 Å². The van der Waals surface area contributed by atoms with Gasteiger partial charge in [0.15, 0.2) is 0 Å². The quantitative estimate of drug-likeness (QED) is 0.230. The highest BCUT2D eigenvalue weighted by atomic mass is 19.1. The van der Waals surface area contributed by atoms with Gasteiger partial charge >= 0.3 is 0 Å². The Morgan fingerprint density at radius 3 is 2.36 bits per heavy atom. The molecule has 0 N–H and O–H groups in total. The molecule has 1 aromatic carbocycles. The number of rotatable bonds is 9. The minimum atomic E-state index is -0.245. The molecule has 224 valence electrons. The van der Waals surface area contributed by atoms with Crippen molar-refractivity contribution in [2.75, 3.05) is 26.2 Å². The first-order chi connectivity index (χ1) is 20.2. The molecule has 2 aromatic rings.